The molecule has 2 heterocycles. The van der Waals surface area contributed by atoms with Crippen LogP contribution in [0.4, 0.5) is 0 Å². The van der Waals surface area contributed by atoms with Crippen LogP contribution in [0, 0.1) is 0 Å². The second kappa shape index (κ2) is 6.29. The predicted octanol–water partition coefficient (Wildman–Crippen LogP) is -0.0182. The number of benzene rings is 1. The van der Waals surface area contributed by atoms with Crippen LogP contribution in [0.25, 0.3) is 0 Å². The third-order valence-corrected chi connectivity index (χ3v) is 5.55. The standard InChI is InChI=1S/C15H20N4O3S/c1-10-12(6-4-8-16-10)18-14(20)9-17-15-11-5-2-3-7-13(11)23(21,22)19-15/h2-3,5,7,10,12,16H,4,6,8-9H2,1H3,(H,17,19)(H,18,20). The average molecular weight is 336 g/mol. The molecule has 0 radical (unpaired) electrons. The van der Waals surface area contributed by atoms with E-state index < -0.39 is 10.0 Å². The number of nitrogens with one attached hydrogen (secondary N) is 3. The highest BCUT2D eigenvalue weighted by molar-refractivity contribution is 7.90. The van der Waals surface area contributed by atoms with Crippen molar-refractivity contribution in [2.45, 2.75) is 36.7 Å². The fraction of sp³-hybridized carbons (Fsp3) is 0.467. The lowest BCUT2D eigenvalue weighted by Gasteiger charge is -2.30. The van der Waals surface area contributed by atoms with Crippen LogP contribution in [-0.2, 0) is 14.8 Å². The van der Waals surface area contributed by atoms with Gasteiger partial charge in [-0.2, -0.15) is 0 Å². The summed E-state index contributed by atoms with van der Waals surface area (Å²) in [7, 11) is -3.56. The van der Waals surface area contributed by atoms with Crippen LogP contribution >= 0.6 is 0 Å². The monoisotopic (exact) mass is 336 g/mol. The fourth-order valence-corrected chi connectivity index (χ4v) is 4.15. The van der Waals surface area contributed by atoms with Gasteiger partial charge in [0.05, 0.1) is 4.90 Å². The molecule has 0 saturated carbocycles. The molecule has 1 saturated heterocycles. The Morgan fingerprint density at radius 1 is 1.39 bits per heavy atom. The highest BCUT2D eigenvalue weighted by atomic mass is 32.2. The number of amidine groups is 1. The molecule has 8 heteroatoms. The smallest absolute Gasteiger partial charge is 0.263 e. The number of aliphatic imine (C=N–C) groups is 1. The molecule has 1 amide bonds. The van der Waals surface area contributed by atoms with Gasteiger partial charge in [0.25, 0.3) is 10.0 Å². The maximum absolute atomic E-state index is 12.1. The van der Waals surface area contributed by atoms with Gasteiger partial charge in [0, 0.05) is 17.6 Å². The van der Waals surface area contributed by atoms with Crippen LogP contribution in [0.3, 0.4) is 0 Å². The molecule has 2 aliphatic heterocycles. The summed E-state index contributed by atoms with van der Waals surface area (Å²) < 4.78 is 26.3. The van der Waals surface area contributed by atoms with Gasteiger partial charge in [-0.15, -0.1) is 0 Å². The van der Waals surface area contributed by atoms with Gasteiger partial charge in [0.15, 0.2) is 0 Å². The molecule has 2 unspecified atom stereocenters. The Balaban J connectivity index is 1.68. The van der Waals surface area contributed by atoms with Gasteiger partial charge in [-0.3, -0.25) is 14.5 Å². The molecule has 0 aliphatic carbocycles. The summed E-state index contributed by atoms with van der Waals surface area (Å²) in [6.07, 6.45) is 1.96. The van der Waals surface area contributed by atoms with Gasteiger partial charge in [0.1, 0.15) is 12.4 Å². The topological polar surface area (TPSA) is 99.7 Å². The van der Waals surface area contributed by atoms with Crippen molar-refractivity contribution in [1.82, 2.24) is 15.4 Å². The van der Waals surface area contributed by atoms with Crippen LogP contribution in [0.2, 0.25) is 0 Å². The summed E-state index contributed by atoms with van der Waals surface area (Å²) in [6, 6.07) is 6.92. The van der Waals surface area contributed by atoms with Gasteiger partial charge in [-0.05, 0) is 38.4 Å². The van der Waals surface area contributed by atoms with Crippen LogP contribution in [-0.4, -0.2) is 45.3 Å². The van der Waals surface area contributed by atoms with Gasteiger partial charge in [-0.1, -0.05) is 12.1 Å². The van der Waals surface area contributed by atoms with Gasteiger partial charge < -0.3 is 10.6 Å². The van der Waals surface area contributed by atoms with Crippen molar-refractivity contribution >= 4 is 21.8 Å². The molecule has 1 fully saturated rings. The Hall–Kier alpha value is -1.93. The zero-order valence-corrected chi connectivity index (χ0v) is 13.7. The Morgan fingerprint density at radius 2 is 2.17 bits per heavy atom. The molecule has 0 aromatic heterocycles. The third kappa shape index (κ3) is 3.37. The second-order valence-corrected chi connectivity index (χ2v) is 7.48. The number of piperidine rings is 1. The van der Waals surface area contributed by atoms with Gasteiger partial charge >= 0.3 is 0 Å². The number of nitrogens with zero attached hydrogens (tertiary/aromatic N) is 1. The minimum atomic E-state index is -3.56. The van der Waals surface area contributed by atoms with Gasteiger partial charge in [0.2, 0.25) is 5.91 Å². The Bertz CT molecular complexity index is 745. The van der Waals surface area contributed by atoms with E-state index in [0.717, 1.165) is 19.4 Å². The minimum absolute atomic E-state index is 0.0870. The quantitative estimate of drug-likeness (QED) is 0.722. The van der Waals surface area contributed by atoms with Crippen LogP contribution < -0.4 is 15.4 Å². The number of carbonyl (C=O) groups is 1. The van der Waals surface area contributed by atoms with Gasteiger partial charge in [-0.25, -0.2) is 8.42 Å². The van der Waals surface area contributed by atoms with Crippen molar-refractivity contribution in [3.8, 4) is 0 Å². The van der Waals surface area contributed by atoms with E-state index in [-0.39, 0.29) is 35.3 Å². The number of sulfonamides is 1. The normalized spacial score (nSPS) is 27.3. The lowest BCUT2D eigenvalue weighted by atomic mass is 10.00. The summed E-state index contributed by atoms with van der Waals surface area (Å²) in [6.45, 7) is 2.90. The summed E-state index contributed by atoms with van der Waals surface area (Å²) >= 11 is 0. The molecule has 1 aromatic rings. The summed E-state index contributed by atoms with van der Waals surface area (Å²) in [4.78, 5) is 16.4. The van der Waals surface area contributed by atoms with E-state index in [9.17, 15) is 13.2 Å². The Labute approximate surface area is 135 Å². The first kappa shape index (κ1) is 15.9. The molecule has 23 heavy (non-hydrogen) atoms. The van der Waals surface area contributed by atoms with Crippen molar-refractivity contribution in [3.05, 3.63) is 29.8 Å². The molecule has 3 N–H and O–H groups in total. The second-order valence-electron chi connectivity index (χ2n) is 5.83. The molecule has 2 aliphatic rings. The van der Waals surface area contributed by atoms with Crippen molar-refractivity contribution in [3.63, 3.8) is 0 Å². The first-order valence-corrected chi connectivity index (χ1v) is 9.15. The first-order valence-electron chi connectivity index (χ1n) is 7.67. The maximum Gasteiger partial charge on any atom is 0.263 e. The average Bonchev–Trinajstić information content (AvgIpc) is 2.79. The third-order valence-electron chi connectivity index (χ3n) is 4.15. The number of rotatable bonds is 3. The maximum atomic E-state index is 12.1. The Morgan fingerprint density at radius 3 is 2.96 bits per heavy atom. The molecule has 0 spiro atoms. The lowest BCUT2D eigenvalue weighted by Crippen LogP contribution is -2.52. The van der Waals surface area contributed by atoms with Crippen molar-refractivity contribution in [2.24, 2.45) is 4.99 Å². The van der Waals surface area contributed by atoms with E-state index in [0.29, 0.717) is 5.56 Å². The molecule has 2 atom stereocenters. The Kier molecular flexibility index (Phi) is 4.36. The number of fused-ring (bicyclic) bond motifs is 1. The molecule has 3 rings (SSSR count). The van der Waals surface area contributed by atoms with E-state index in [1.807, 2.05) is 6.92 Å². The largest absolute Gasteiger partial charge is 0.350 e. The summed E-state index contributed by atoms with van der Waals surface area (Å²) in [5, 5.41) is 6.27. The van der Waals surface area contributed by atoms with E-state index >= 15 is 0 Å². The summed E-state index contributed by atoms with van der Waals surface area (Å²) in [5.74, 6) is 0.0206. The number of hydrogen-bond acceptors (Lipinski definition) is 5. The number of amides is 1. The van der Waals surface area contributed by atoms with Crippen molar-refractivity contribution in [1.29, 1.82) is 0 Å². The molecule has 1 aromatic carbocycles. The molecule has 124 valence electrons. The van der Waals surface area contributed by atoms with E-state index in [1.165, 1.54) is 6.07 Å². The van der Waals surface area contributed by atoms with Crippen molar-refractivity contribution < 1.29 is 13.2 Å². The molecular formula is C15H20N4O3S. The summed E-state index contributed by atoms with van der Waals surface area (Å²) in [5.41, 5.74) is 0.507. The SMILES string of the molecule is CC1NCCCC1NC(=O)CN=C1NS(=O)(=O)c2ccccc21. The zero-order valence-electron chi connectivity index (χ0n) is 12.9. The van der Waals surface area contributed by atoms with Crippen LogP contribution in [0.5, 0.6) is 0 Å². The predicted molar refractivity (Wildman–Crippen MR) is 86.8 cm³/mol. The van der Waals surface area contributed by atoms with E-state index in [4.69, 9.17) is 0 Å². The van der Waals surface area contributed by atoms with Crippen LogP contribution in [0.15, 0.2) is 34.2 Å². The lowest BCUT2D eigenvalue weighted by molar-refractivity contribution is -0.120. The zero-order chi connectivity index (χ0) is 16.4. The minimum Gasteiger partial charge on any atom is -0.350 e. The van der Waals surface area contributed by atoms with Crippen LogP contribution in [0.1, 0.15) is 25.3 Å². The molecular weight excluding hydrogens is 316 g/mol. The number of carbonyl (C=O) groups excluding carboxylic acids is 1. The molecule has 7 nitrogen and oxygen atoms in total. The molecule has 0 bridgehead atoms. The van der Waals surface area contributed by atoms with Crippen molar-refractivity contribution in [2.75, 3.05) is 13.1 Å². The highest BCUT2D eigenvalue weighted by Gasteiger charge is 2.30. The number of hydrogen-bond donors (Lipinski definition) is 3. The highest BCUT2D eigenvalue weighted by Crippen LogP contribution is 2.22. The van der Waals surface area contributed by atoms with E-state index in [1.54, 1.807) is 18.2 Å². The fourth-order valence-electron chi connectivity index (χ4n) is 2.90. The first-order chi connectivity index (χ1) is 11.0. The van der Waals surface area contributed by atoms with E-state index in [2.05, 4.69) is 20.3 Å².